The minimum absolute atomic E-state index is 0.181. The van der Waals surface area contributed by atoms with Crippen molar-refractivity contribution in [2.75, 3.05) is 19.0 Å². The number of nitrogens with one attached hydrogen (secondary N) is 1. The summed E-state index contributed by atoms with van der Waals surface area (Å²) in [5, 5.41) is 21.9. The standard InChI is InChI=1S/C12H21NO7S/c1-3-18-12-9(13-6(2)15)11(20-8(16)5-21)10(17)7(4-14)19-12/h7,9-12,14,17,21H,3-5H2,1-2H3,(H,13,15)/t7?,9-,10?,11?,12?/m1/s1. The zero-order chi connectivity index (χ0) is 16.0. The van der Waals surface area contributed by atoms with Crippen molar-refractivity contribution in [3.05, 3.63) is 0 Å². The van der Waals surface area contributed by atoms with Gasteiger partial charge in [0.15, 0.2) is 12.4 Å². The lowest BCUT2D eigenvalue weighted by atomic mass is 9.96. The van der Waals surface area contributed by atoms with Crippen molar-refractivity contribution in [2.45, 2.75) is 44.5 Å². The number of thiol groups is 1. The smallest absolute Gasteiger partial charge is 0.316 e. The van der Waals surface area contributed by atoms with Gasteiger partial charge in [-0.25, -0.2) is 0 Å². The monoisotopic (exact) mass is 323 g/mol. The maximum atomic E-state index is 11.4. The molecule has 0 aromatic heterocycles. The van der Waals surface area contributed by atoms with E-state index in [1.807, 2.05) is 0 Å². The SMILES string of the molecule is CCOC1OC(CO)C(O)C(OC(=O)CS)[C@H]1NC(C)=O. The molecule has 0 aromatic rings. The van der Waals surface area contributed by atoms with Crippen molar-refractivity contribution in [1.29, 1.82) is 0 Å². The van der Waals surface area contributed by atoms with Crippen molar-refractivity contribution in [3.63, 3.8) is 0 Å². The molecule has 0 bridgehead atoms. The summed E-state index contributed by atoms with van der Waals surface area (Å²) in [5.74, 6) is -1.23. The van der Waals surface area contributed by atoms with Crippen LogP contribution >= 0.6 is 12.6 Å². The van der Waals surface area contributed by atoms with Crippen molar-refractivity contribution >= 4 is 24.5 Å². The second-order valence-electron chi connectivity index (χ2n) is 4.51. The summed E-state index contributed by atoms with van der Waals surface area (Å²) >= 11 is 3.80. The van der Waals surface area contributed by atoms with Crippen LogP contribution in [0.1, 0.15) is 13.8 Å². The van der Waals surface area contributed by atoms with Crippen molar-refractivity contribution in [2.24, 2.45) is 0 Å². The molecule has 0 aliphatic carbocycles. The highest BCUT2D eigenvalue weighted by Gasteiger charge is 2.48. The molecular weight excluding hydrogens is 302 g/mol. The Hall–Kier alpha value is -0.870. The quantitative estimate of drug-likeness (QED) is 0.345. The molecule has 1 amide bonds. The third kappa shape index (κ3) is 4.82. The van der Waals surface area contributed by atoms with Gasteiger partial charge in [0.1, 0.15) is 18.2 Å². The molecular formula is C12H21NO7S. The summed E-state index contributed by atoms with van der Waals surface area (Å²) in [5.41, 5.74) is 0. The fourth-order valence-corrected chi connectivity index (χ4v) is 2.17. The predicted molar refractivity (Wildman–Crippen MR) is 74.7 cm³/mol. The Balaban J connectivity index is 2.99. The first-order chi connectivity index (χ1) is 9.94. The first kappa shape index (κ1) is 18.2. The first-order valence-corrected chi connectivity index (χ1v) is 7.21. The molecule has 3 N–H and O–H groups in total. The number of carbonyl (C=O) groups is 2. The van der Waals surface area contributed by atoms with Gasteiger partial charge in [0, 0.05) is 13.5 Å². The largest absolute Gasteiger partial charge is 0.456 e. The lowest BCUT2D eigenvalue weighted by Crippen LogP contribution is -2.65. The summed E-state index contributed by atoms with van der Waals surface area (Å²) in [6.45, 7) is 2.81. The van der Waals surface area contributed by atoms with Crippen molar-refractivity contribution in [1.82, 2.24) is 5.32 Å². The first-order valence-electron chi connectivity index (χ1n) is 6.58. The maximum absolute atomic E-state index is 11.4. The van der Waals surface area contributed by atoms with Crippen LogP contribution in [-0.2, 0) is 23.8 Å². The van der Waals surface area contributed by atoms with Crippen LogP contribution in [0.4, 0.5) is 0 Å². The molecule has 0 spiro atoms. The van der Waals surface area contributed by atoms with Gasteiger partial charge in [0.2, 0.25) is 5.91 Å². The molecule has 0 radical (unpaired) electrons. The molecule has 1 rings (SSSR count). The van der Waals surface area contributed by atoms with Gasteiger partial charge in [-0.1, -0.05) is 0 Å². The van der Waals surface area contributed by atoms with Gasteiger partial charge in [0.25, 0.3) is 0 Å². The number of hydrogen-bond donors (Lipinski definition) is 4. The number of carbonyl (C=O) groups excluding carboxylic acids is 2. The summed E-state index contributed by atoms with van der Waals surface area (Å²) in [6, 6.07) is -0.885. The van der Waals surface area contributed by atoms with E-state index in [1.54, 1.807) is 6.92 Å². The summed E-state index contributed by atoms with van der Waals surface area (Å²) < 4.78 is 15.9. The number of rotatable bonds is 6. The minimum atomic E-state index is -1.30. The van der Waals surface area contributed by atoms with E-state index in [-0.39, 0.29) is 12.4 Å². The number of hydrogen-bond acceptors (Lipinski definition) is 8. The molecule has 0 aromatic carbocycles. The van der Waals surface area contributed by atoms with E-state index in [0.29, 0.717) is 0 Å². The molecule has 4 unspecified atom stereocenters. The predicted octanol–water partition coefficient (Wildman–Crippen LogP) is -1.55. The fraction of sp³-hybridized carbons (Fsp3) is 0.833. The highest BCUT2D eigenvalue weighted by Crippen LogP contribution is 2.24. The van der Waals surface area contributed by atoms with Crippen LogP contribution in [0.15, 0.2) is 0 Å². The second kappa shape index (κ2) is 8.54. The molecule has 21 heavy (non-hydrogen) atoms. The van der Waals surface area contributed by atoms with Crippen LogP contribution < -0.4 is 5.32 Å². The molecule has 1 saturated heterocycles. The van der Waals surface area contributed by atoms with E-state index in [4.69, 9.17) is 14.2 Å². The Morgan fingerprint density at radius 3 is 2.57 bits per heavy atom. The maximum Gasteiger partial charge on any atom is 0.316 e. The molecule has 1 aliphatic heterocycles. The van der Waals surface area contributed by atoms with Crippen LogP contribution in [-0.4, -0.2) is 71.7 Å². The summed E-state index contributed by atoms with van der Waals surface area (Å²) in [7, 11) is 0. The molecule has 1 fully saturated rings. The van der Waals surface area contributed by atoms with Gasteiger partial charge in [-0.05, 0) is 6.92 Å². The normalized spacial score (nSPS) is 32.5. The average molecular weight is 323 g/mol. The van der Waals surface area contributed by atoms with E-state index in [2.05, 4.69) is 17.9 Å². The van der Waals surface area contributed by atoms with Gasteiger partial charge in [-0.3, -0.25) is 9.59 Å². The van der Waals surface area contributed by atoms with Gasteiger partial charge >= 0.3 is 5.97 Å². The van der Waals surface area contributed by atoms with E-state index in [9.17, 15) is 19.8 Å². The lowest BCUT2D eigenvalue weighted by Gasteiger charge is -2.43. The molecule has 1 heterocycles. The Kier molecular flexibility index (Phi) is 7.40. The van der Waals surface area contributed by atoms with Crippen molar-refractivity contribution in [3.8, 4) is 0 Å². The Morgan fingerprint density at radius 2 is 2.10 bits per heavy atom. The fourth-order valence-electron chi connectivity index (χ4n) is 2.09. The van der Waals surface area contributed by atoms with Crippen LogP contribution in [0.5, 0.6) is 0 Å². The summed E-state index contributed by atoms with van der Waals surface area (Å²) in [6.07, 6.45) is -4.33. The topological polar surface area (TPSA) is 114 Å². The van der Waals surface area contributed by atoms with Gasteiger partial charge in [-0.2, -0.15) is 12.6 Å². The molecule has 0 saturated carbocycles. The zero-order valence-corrected chi connectivity index (χ0v) is 12.8. The van der Waals surface area contributed by atoms with Crippen LogP contribution in [0.2, 0.25) is 0 Å². The molecule has 8 nitrogen and oxygen atoms in total. The van der Waals surface area contributed by atoms with E-state index in [0.717, 1.165) is 0 Å². The number of amides is 1. The number of ether oxygens (including phenoxy) is 3. The Morgan fingerprint density at radius 1 is 1.43 bits per heavy atom. The molecule has 122 valence electrons. The molecule has 5 atom stereocenters. The zero-order valence-electron chi connectivity index (χ0n) is 11.9. The highest BCUT2D eigenvalue weighted by atomic mass is 32.1. The van der Waals surface area contributed by atoms with E-state index < -0.39 is 49.1 Å². The van der Waals surface area contributed by atoms with Gasteiger partial charge in [-0.15, -0.1) is 0 Å². The van der Waals surface area contributed by atoms with Crippen LogP contribution in [0.25, 0.3) is 0 Å². The van der Waals surface area contributed by atoms with Gasteiger partial charge in [0.05, 0.1) is 12.4 Å². The molecule has 9 heteroatoms. The van der Waals surface area contributed by atoms with E-state index in [1.165, 1.54) is 6.92 Å². The van der Waals surface area contributed by atoms with Crippen molar-refractivity contribution < 1.29 is 34.0 Å². The number of aliphatic hydroxyl groups is 2. The number of esters is 1. The third-order valence-corrected chi connectivity index (χ3v) is 3.21. The lowest BCUT2D eigenvalue weighted by molar-refractivity contribution is -0.272. The summed E-state index contributed by atoms with van der Waals surface area (Å²) in [4.78, 5) is 22.8. The Labute approximate surface area is 128 Å². The highest BCUT2D eigenvalue weighted by molar-refractivity contribution is 7.81. The number of aliphatic hydroxyl groups excluding tert-OH is 2. The second-order valence-corrected chi connectivity index (χ2v) is 4.83. The van der Waals surface area contributed by atoms with Gasteiger partial charge < -0.3 is 29.7 Å². The minimum Gasteiger partial charge on any atom is -0.456 e. The third-order valence-electron chi connectivity index (χ3n) is 2.95. The Bertz CT molecular complexity index is 368. The van der Waals surface area contributed by atoms with Crippen LogP contribution in [0, 0.1) is 0 Å². The average Bonchev–Trinajstić information content (AvgIpc) is 2.44. The molecule has 1 aliphatic rings. The van der Waals surface area contributed by atoms with Crippen LogP contribution in [0.3, 0.4) is 0 Å². The van der Waals surface area contributed by atoms with E-state index >= 15 is 0 Å².